The third-order valence-electron chi connectivity index (χ3n) is 3.47. The molecule has 1 unspecified atom stereocenters. The van der Waals surface area contributed by atoms with Gasteiger partial charge in [0.2, 0.25) is 0 Å². The maximum Gasteiger partial charge on any atom is 0.280 e. The summed E-state index contributed by atoms with van der Waals surface area (Å²) in [6.45, 7) is 0.478. The monoisotopic (exact) mass is 347 g/mol. The van der Waals surface area contributed by atoms with Crippen LogP contribution in [0.2, 0.25) is 0 Å². The largest absolute Gasteiger partial charge is 0.280 e. The van der Waals surface area contributed by atoms with Gasteiger partial charge in [0, 0.05) is 18.3 Å². The third-order valence-corrected chi connectivity index (χ3v) is 4.25. The van der Waals surface area contributed by atoms with Gasteiger partial charge in [-0.15, -0.1) is 5.10 Å². The molecule has 0 aliphatic heterocycles. The molecule has 0 saturated carbocycles. The quantitative estimate of drug-likeness (QED) is 0.674. The molecule has 21 heavy (non-hydrogen) atoms. The van der Waals surface area contributed by atoms with E-state index in [0.717, 1.165) is 10.9 Å². The van der Waals surface area contributed by atoms with Gasteiger partial charge in [0.25, 0.3) is 5.56 Å². The predicted octanol–water partition coefficient (Wildman–Crippen LogP) is 1.70. The van der Waals surface area contributed by atoms with Crippen LogP contribution in [0.25, 0.3) is 11.0 Å². The molecule has 0 aliphatic rings. The first-order valence-corrected chi connectivity index (χ1v) is 7.69. The summed E-state index contributed by atoms with van der Waals surface area (Å²) in [4.78, 5) is 12.4. The lowest BCUT2D eigenvalue weighted by atomic mass is 10.0. The number of rotatable bonds is 4. The molecule has 0 amide bonds. The van der Waals surface area contributed by atoms with Gasteiger partial charge in [0.15, 0.2) is 5.65 Å². The smallest absolute Gasteiger partial charge is 0.267 e. The lowest BCUT2D eigenvalue weighted by Gasteiger charge is -2.14. The standard InChI is InChI=1S/C14H14BrN5O/c1-19-13-12(8-16-19)14(21)20(18-17-13)9-11(7-15)10-5-3-2-4-6-10/h2-6,8,11H,7,9H2,1H3. The minimum atomic E-state index is -0.157. The van der Waals surface area contributed by atoms with E-state index in [0.29, 0.717) is 17.6 Å². The van der Waals surface area contributed by atoms with E-state index in [1.807, 2.05) is 30.3 Å². The van der Waals surface area contributed by atoms with Crippen molar-refractivity contribution in [3.63, 3.8) is 0 Å². The minimum Gasteiger partial charge on any atom is -0.267 e. The van der Waals surface area contributed by atoms with Gasteiger partial charge in [0.1, 0.15) is 5.39 Å². The van der Waals surface area contributed by atoms with Gasteiger partial charge < -0.3 is 0 Å². The van der Waals surface area contributed by atoms with E-state index in [1.54, 1.807) is 11.7 Å². The number of hydrogen-bond acceptors (Lipinski definition) is 4. The molecule has 1 aromatic carbocycles. The highest BCUT2D eigenvalue weighted by molar-refractivity contribution is 9.09. The second-order valence-corrected chi connectivity index (χ2v) is 5.49. The Hall–Kier alpha value is -2.02. The van der Waals surface area contributed by atoms with Crippen LogP contribution in [0.4, 0.5) is 0 Å². The summed E-state index contributed by atoms with van der Waals surface area (Å²) in [5.74, 6) is 0.160. The predicted molar refractivity (Wildman–Crippen MR) is 83.5 cm³/mol. The molecule has 0 spiro atoms. The molecular formula is C14H14BrN5O. The molecule has 2 aromatic heterocycles. The molecule has 1 atom stereocenters. The van der Waals surface area contributed by atoms with Crippen LogP contribution in [0.15, 0.2) is 41.3 Å². The summed E-state index contributed by atoms with van der Waals surface area (Å²) in [7, 11) is 1.74. The Bertz CT molecular complexity index is 811. The second-order valence-electron chi connectivity index (χ2n) is 4.84. The van der Waals surface area contributed by atoms with E-state index >= 15 is 0 Å². The number of fused-ring (bicyclic) bond motifs is 1. The zero-order valence-corrected chi connectivity index (χ0v) is 13.1. The summed E-state index contributed by atoms with van der Waals surface area (Å²) in [5, 5.41) is 13.4. The van der Waals surface area contributed by atoms with E-state index in [-0.39, 0.29) is 11.5 Å². The zero-order valence-electron chi connectivity index (χ0n) is 11.5. The minimum absolute atomic E-state index is 0.157. The Morgan fingerprint density at radius 2 is 2.05 bits per heavy atom. The van der Waals surface area contributed by atoms with Crippen molar-refractivity contribution in [1.82, 2.24) is 24.8 Å². The van der Waals surface area contributed by atoms with Crippen molar-refractivity contribution < 1.29 is 0 Å². The lowest BCUT2D eigenvalue weighted by Crippen LogP contribution is -2.27. The van der Waals surface area contributed by atoms with E-state index in [4.69, 9.17) is 0 Å². The van der Waals surface area contributed by atoms with Crippen molar-refractivity contribution in [3.05, 3.63) is 52.4 Å². The highest BCUT2D eigenvalue weighted by atomic mass is 79.9. The number of nitrogens with zero attached hydrogens (tertiary/aromatic N) is 5. The Labute approximate surface area is 129 Å². The van der Waals surface area contributed by atoms with Gasteiger partial charge in [-0.2, -0.15) is 5.10 Å². The summed E-state index contributed by atoms with van der Waals surface area (Å²) >= 11 is 3.51. The van der Waals surface area contributed by atoms with Gasteiger partial charge >= 0.3 is 0 Å². The van der Waals surface area contributed by atoms with Crippen LogP contribution < -0.4 is 5.56 Å². The topological polar surface area (TPSA) is 65.6 Å². The number of alkyl halides is 1. The van der Waals surface area contributed by atoms with Crippen LogP contribution in [0.5, 0.6) is 0 Å². The van der Waals surface area contributed by atoms with Gasteiger partial charge in [-0.1, -0.05) is 51.5 Å². The first kappa shape index (κ1) is 13.9. The molecule has 6 nitrogen and oxygen atoms in total. The third kappa shape index (κ3) is 2.61. The van der Waals surface area contributed by atoms with E-state index < -0.39 is 0 Å². The maximum absolute atomic E-state index is 12.4. The summed E-state index contributed by atoms with van der Waals surface area (Å²) in [6.07, 6.45) is 1.54. The molecule has 0 bridgehead atoms. The average molecular weight is 348 g/mol. The second kappa shape index (κ2) is 5.77. The van der Waals surface area contributed by atoms with Gasteiger partial charge in [-0.3, -0.25) is 4.79 Å². The molecule has 0 aliphatic carbocycles. The molecule has 0 radical (unpaired) electrons. The molecule has 2 heterocycles. The molecule has 7 heteroatoms. The molecule has 3 rings (SSSR count). The van der Waals surface area contributed by atoms with Gasteiger partial charge in [-0.05, 0) is 5.56 Å². The van der Waals surface area contributed by atoms with Crippen molar-refractivity contribution in [2.75, 3.05) is 5.33 Å². The Balaban J connectivity index is 1.97. The summed E-state index contributed by atoms with van der Waals surface area (Å²) < 4.78 is 2.95. The van der Waals surface area contributed by atoms with Crippen molar-refractivity contribution in [1.29, 1.82) is 0 Å². The first-order chi connectivity index (χ1) is 10.2. The summed E-state index contributed by atoms with van der Waals surface area (Å²) in [6, 6.07) is 10.1. The molecular weight excluding hydrogens is 334 g/mol. The van der Waals surface area contributed by atoms with Crippen LogP contribution in [-0.4, -0.2) is 30.1 Å². The fraction of sp³-hybridized carbons (Fsp3) is 0.286. The normalized spacial score (nSPS) is 12.7. The van der Waals surface area contributed by atoms with E-state index in [2.05, 4.69) is 31.3 Å². The fourth-order valence-corrected chi connectivity index (χ4v) is 2.85. The highest BCUT2D eigenvalue weighted by Gasteiger charge is 2.15. The maximum atomic E-state index is 12.4. The summed E-state index contributed by atoms with van der Waals surface area (Å²) in [5.41, 5.74) is 1.51. The number of hydrogen-bond donors (Lipinski definition) is 0. The number of benzene rings is 1. The van der Waals surface area contributed by atoms with Crippen molar-refractivity contribution in [3.8, 4) is 0 Å². The molecule has 0 saturated heterocycles. The van der Waals surface area contributed by atoms with E-state index in [1.165, 1.54) is 10.9 Å². The molecule has 108 valence electrons. The van der Waals surface area contributed by atoms with Gasteiger partial charge in [-0.25, -0.2) is 9.36 Å². The SMILES string of the molecule is Cn1ncc2c(=O)n(CC(CBr)c3ccccc3)nnc21. The van der Waals surface area contributed by atoms with Gasteiger partial charge in [0.05, 0.1) is 12.7 Å². The number of aryl methyl sites for hydroxylation is 1. The van der Waals surface area contributed by atoms with Crippen LogP contribution >= 0.6 is 15.9 Å². The van der Waals surface area contributed by atoms with Crippen molar-refractivity contribution >= 4 is 27.0 Å². The van der Waals surface area contributed by atoms with Crippen LogP contribution in [0, 0.1) is 0 Å². The lowest BCUT2D eigenvalue weighted by molar-refractivity contribution is 0.501. The van der Waals surface area contributed by atoms with Crippen molar-refractivity contribution in [2.45, 2.75) is 12.5 Å². The highest BCUT2D eigenvalue weighted by Crippen LogP contribution is 2.19. The molecule has 0 N–H and O–H groups in total. The fourth-order valence-electron chi connectivity index (χ4n) is 2.27. The van der Waals surface area contributed by atoms with Crippen LogP contribution in [0.3, 0.4) is 0 Å². The Kier molecular flexibility index (Phi) is 3.83. The Morgan fingerprint density at radius 3 is 2.76 bits per heavy atom. The average Bonchev–Trinajstić information content (AvgIpc) is 2.90. The van der Waals surface area contributed by atoms with Crippen molar-refractivity contribution in [2.24, 2.45) is 7.05 Å². The number of aromatic nitrogens is 5. The van der Waals surface area contributed by atoms with Crippen LogP contribution in [-0.2, 0) is 13.6 Å². The molecule has 0 fully saturated rings. The zero-order chi connectivity index (χ0) is 14.8. The first-order valence-electron chi connectivity index (χ1n) is 6.57. The number of halogens is 1. The Morgan fingerprint density at radius 1 is 1.29 bits per heavy atom. The van der Waals surface area contributed by atoms with E-state index in [9.17, 15) is 4.79 Å². The molecule has 3 aromatic rings. The van der Waals surface area contributed by atoms with Crippen LogP contribution in [0.1, 0.15) is 11.5 Å².